The van der Waals surface area contributed by atoms with Crippen molar-refractivity contribution in [2.75, 3.05) is 7.11 Å². The van der Waals surface area contributed by atoms with E-state index in [1.54, 1.807) is 7.11 Å². The van der Waals surface area contributed by atoms with Crippen molar-refractivity contribution in [3.63, 3.8) is 0 Å². The molecule has 25 heavy (non-hydrogen) atoms. The fourth-order valence-electron chi connectivity index (χ4n) is 3.16. The van der Waals surface area contributed by atoms with Crippen LogP contribution in [0.15, 0.2) is 54.6 Å². The molecule has 1 aliphatic rings. The number of hydrogen-bond acceptors (Lipinski definition) is 2. The zero-order valence-electron chi connectivity index (χ0n) is 14.9. The van der Waals surface area contributed by atoms with Gasteiger partial charge in [0, 0.05) is 0 Å². The van der Waals surface area contributed by atoms with Crippen molar-refractivity contribution in [3.8, 4) is 5.75 Å². The van der Waals surface area contributed by atoms with Gasteiger partial charge in [-0.05, 0) is 48.4 Å². The SMILES string of the molecule is CCC(NC(=O)NC(c1ccccc1)C1CC1)c1ccc(OC)cc1. The highest BCUT2D eigenvalue weighted by Crippen LogP contribution is 2.40. The van der Waals surface area contributed by atoms with Crippen LogP contribution in [-0.4, -0.2) is 13.1 Å². The average molecular weight is 338 g/mol. The van der Waals surface area contributed by atoms with Crippen molar-refractivity contribution in [2.45, 2.75) is 38.3 Å². The molecule has 2 aromatic rings. The molecule has 1 fully saturated rings. The van der Waals surface area contributed by atoms with Gasteiger partial charge in [0.2, 0.25) is 0 Å². The number of carbonyl (C=O) groups excluding carboxylic acids is 1. The molecular formula is C21H26N2O2. The summed E-state index contributed by atoms with van der Waals surface area (Å²) in [4.78, 5) is 12.6. The van der Waals surface area contributed by atoms with Gasteiger partial charge in [0.15, 0.2) is 0 Å². The molecule has 132 valence electrons. The molecule has 1 aliphatic carbocycles. The van der Waals surface area contributed by atoms with Crippen LogP contribution in [0, 0.1) is 5.92 Å². The summed E-state index contributed by atoms with van der Waals surface area (Å²) in [7, 11) is 1.65. The van der Waals surface area contributed by atoms with E-state index in [2.05, 4.69) is 29.7 Å². The Morgan fingerprint density at radius 3 is 2.28 bits per heavy atom. The maximum atomic E-state index is 12.6. The molecule has 0 aromatic heterocycles. The molecule has 3 rings (SSSR count). The number of ether oxygens (including phenoxy) is 1. The van der Waals surface area contributed by atoms with E-state index < -0.39 is 0 Å². The summed E-state index contributed by atoms with van der Waals surface area (Å²) in [6, 6.07) is 18.1. The summed E-state index contributed by atoms with van der Waals surface area (Å²) >= 11 is 0. The Bertz CT molecular complexity index is 681. The Labute approximate surface area is 149 Å². The topological polar surface area (TPSA) is 50.4 Å². The minimum atomic E-state index is -0.108. The third-order valence-corrected chi connectivity index (χ3v) is 4.77. The van der Waals surface area contributed by atoms with Crippen molar-refractivity contribution in [3.05, 3.63) is 65.7 Å². The first kappa shape index (κ1) is 17.3. The van der Waals surface area contributed by atoms with Crippen LogP contribution in [-0.2, 0) is 0 Å². The molecular weight excluding hydrogens is 312 g/mol. The number of nitrogens with one attached hydrogen (secondary N) is 2. The van der Waals surface area contributed by atoms with Crippen LogP contribution in [0.25, 0.3) is 0 Å². The van der Waals surface area contributed by atoms with Crippen LogP contribution < -0.4 is 15.4 Å². The van der Waals surface area contributed by atoms with Gasteiger partial charge in [0.25, 0.3) is 0 Å². The van der Waals surface area contributed by atoms with E-state index in [1.165, 1.54) is 18.4 Å². The molecule has 2 unspecified atom stereocenters. The summed E-state index contributed by atoms with van der Waals surface area (Å²) in [6.45, 7) is 2.07. The molecule has 0 heterocycles. The van der Waals surface area contributed by atoms with E-state index >= 15 is 0 Å². The molecule has 2 atom stereocenters. The largest absolute Gasteiger partial charge is 0.497 e. The summed E-state index contributed by atoms with van der Waals surface area (Å²) in [5, 5.41) is 6.29. The third kappa shape index (κ3) is 4.53. The van der Waals surface area contributed by atoms with Gasteiger partial charge >= 0.3 is 6.03 Å². The number of carbonyl (C=O) groups is 1. The lowest BCUT2D eigenvalue weighted by Crippen LogP contribution is -2.40. The van der Waals surface area contributed by atoms with Crippen molar-refractivity contribution in [1.82, 2.24) is 10.6 Å². The lowest BCUT2D eigenvalue weighted by molar-refractivity contribution is 0.231. The van der Waals surface area contributed by atoms with Gasteiger partial charge in [0.1, 0.15) is 5.75 Å². The predicted molar refractivity (Wildman–Crippen MR) is 99.6 cm³/mol. The van der Waals surface area contributed by atoms with Gasteiger partial charge in [-0.3, -0.25) is 0 Å². The monoisotopic (exact) mass is 338 g/mol. The van der Waals surface area contributed by atoms with E-state index in [4.69, 9.17) is 4.74 Å². The number of methoxy groups -OCH3 is 1. The maximum absolute atomic E-state index is 12.6. The maximum Gasteiger partial charge on any atom is 0.315 e. The van der Waals surface area contributed by atoms with Gasteiger partial charge in [-0.25, -0.2) is 4.79 Å². The van der Waals surface area contributed by atoms with Crippen LogP contribution in [0.2, 0.25) is 0 Å². The molecule has 0 radical (unpaired) electrons. The predicted octanol–water partition coefficient (Wildman–Crippen LogP) is 4.60. The lowest BCUT2D eigenvalue weighted by Gasteiger charge is -2.23. The molecule has 0 saturated heterocycles. The Hall–Kier alpha value is -2.49. The van der Waals surface area contributed by atoms with Crippen molar-refractivity contribution < 1.29 is 9.53 Å². The van der Waals surface area contributed by atoms with E-state index in [-0.39, 0.29) is 18.1 Å². The molecule has 2 N–H and O–H groups in total. The zero-order chi connectivity index (χ0) is 17.6. The van der Waals surface area contributed by atoms with Crippen LogP contribution in [0.3, 0.4) is 0 Å². The van der Waals surface area contributed by atoms with Gasteiger partial charge in [-0.15, -0.1) is 0 Å². The van der Waals surface area contributed by atoms with Crippen LogP contribution in [0.4, 0.5) is 4.79 Å². The van der Waals surface area contributed by atoms with Gasteiger partial charge < -0.3 is 15.4 Å². The summed E-state index contributed by atoms with van der Waals surface area (Å²) in [5.41, 5.74) is 2.26. The Morgan fingerprint density at radius 1 is 1.04 bits per heavy atom. The van der Waals surface area contributed by atoms with E-state index in [9.17, 15) is 4.79 Å². The van der Waals surface area contributed by atoms with Crippen LogP contribution in [0.1, 0.15) is 49.4 Å². The Morgan fingerprint density at radius 2 is 1.72 bits per heavy atom. The van der Waals surface area contributed by atoms with E-state index in [0.717, 1.165) is 17.7 Å². The first-order valence-electron chi connectivity index (χ1n) is 8.97. The molecule has 0 aliphatic heterocycles. The minimum Gasteiger partial charge on any atom is -0.497 e. The summed E-state index contributed by atoms with van der Waals surface area (Å²) in [6.07, 6.45) is 3.18. The third-order valence-electron chi connectivity index (χ3n) is 4.77. The van der Waals surface area contributed by atoms with Gasteiger partial charge in [0.05, 0.1) is 19.2 Å². The lowest BCUT2D eigenvalue weighted by atomic mass is 10.0. The molecule has 1 saturated carbocycles. The van der Waals surface area contributed by atoms with Gasteiger partial charge in [-0.2, -0.15) is 0 Å². The van der Waals surface area contributed by atoms with Crippen LogP contribution >= 0.6 is 0 Å². The number of rotatable bonds is 7. The summed E-state index contributed by atoms with van der Waals surface area (Å²) < 4.78 is 5.20. The molecule has 0 spiro atoms. The average Bonchev–Trinajstić information content (AvgIpc) is 3.50. The van der Waals surface area contributed by atoms with Crippen molar-refractivity contribution in [1.29, 1.82) is 0 Å². The second kappa shape index (κ2) is 8.06. The number of amides is 2. The second-order valence-corrected chi connectivity index (χ2v) is 6.58. The smallest absolute Gasteiger partial charge is 0.315 e. The highest BCUT2D eigenvalue weighted by atomic mass is 16.5. The van der Waals surface area contributed by atoms with E-state index in [0.29, 0.717) is 5.92 Å². The minimum absolute atomic E-state index is 0.0125. The highest BCUT2D eigenvalue weighted by molar-refractivity contribution is 5.75. The molecule has 4 nitrogen and oxygen atoms in total. The number of hydrogen-bond donors (Lipinski definition) is 2. The first-order chi connectivity index (χ1) is 12.2. The molecule has 0 bridgehead atoms. The van der Waals surface area contributed by atoms with E-state index in [1.807, 2.05) is 42.5 Å². The molecule has 4 heteroatoms. The quantitative estimate of drug-likeness (QED) is 0.775. The standard InChI is InChI=1S/C21H26N2O2/c1-3-19(15-11-13-18(25-2)14-12-15)22-21(24)23-20(17-9-10-17)16-7-5-4-6-8-16/h4-8,11-14,17,19-20H,3,9-10H2,1-2H3,(H2,22,23,24). The van der Waals surface area contributed by atoms with Crippen LogP contribution in [0.5, 0.6) is 5.75 Å². The molecule has 2 amide bonds. The zero-order valence-corrected chi connectivity index (χ0v) is 14.9. The first-order valence-corrected chi connectivity index (χ1v) is 8.97. The molecule has 2 aromatic carbocycles. The highest BCUT2D eigenvalue weighted by Gasteiger charge is 2.33. The fourth-order valence-corrected chi connectivity index (χ4v) is 3.16. The second-order valence-electron chi connectivity index (χ2n) is 6.58. The fraction of sp³-hybridized carbons (Fsp3) is 0.381. The Kier molecular flexibility index (Phi) is 5.59. The number of benzene rings is 2. The van der Waals surface area contributed by atoms with Gasteiger partial charge in [-0.1, -0.05) is 49.4 Å². The van der Waals surface area contributed by atoms with Crippen molar-refractivity contribution in [2.24, 2.45) is 5.92 Å². The normalized spacial score (nSPS) is 15.9. The number of urea groups is 1. The summed E-state index contributed by atoms with van der Waals surface area (Å²) in [5.74, 6) is 1.37. The Balaban J connectivity index is 1.64. The van der Waals surface area contributed by atoms with Crippen molar-refractivity contribution >= 4 is 6.03 Å².